The number of hydrogen-bond donors (Lipinski definition) is 2. The molecule has 1 aliphatic rings. The normalized spacial score (nSPS) is 14.7. The lowest BCUT2D eigenvalue weighted by atomic mass is 9.92. The number of carbonyl (C=O) groups is 2. The quantitative estimate of drug-likeness (QED) is 0.795. The number of hydrogen-bond acceptors (Lipinski definition) is 5. The average Bonchev–Trinajstić information content (AvgIpc) is 2.72. The SMILES string of the molecule is COc1ccc(CCC(=O)N2CCC(c3ccc(C(N)=O)c(N)n3)CC2)cc1. The van der Waals surface area contributed by atoms with Gasteiger partial charge in [0.05, 0.1) is 12.7 Å². The summed E-state index contributed by atoms with van der Waals surface area (Å²) in [5.41, 5.74) is 13.3. The number of methoxy groups -OCH3 is 1. The first-order chi connectivity index (χ1) is 13.5. The molecule has 2 amide bonds. The molecule has 7 heteroatoms. The lowest BCUT2D eigenvalue weighted by Crippen LogP contribution is -2.38. The summed E-state index contributed by atoms with van der Waals surface area (Å²) in [6, 6.07) is 11.2. The fraction of sp³-hybridized carbons (Fsp3) is 0.381. The summed E-state index contributed by atoms with van der Waals surface area (Å²) in [6.45, 7) is 1.40. The van der Waals surface area contributed by atoms with E-state index in [4.69, 9.17) is 16.2 Å². The minimum atomic E-state index is -0.575. The first kappa shape index (κ1) is 19.7. The number of aromatic nitrogens is 1. The Morgan fingerprint density at radius 1 is 1.14 bits per heavy atom. The van der Waals surface area contributed by atoms with E-state index < -0.39 is 5.91 Å². The minimum Gasteiger partial charge on any atom is -0.497 e. The summed E-state index contributed by atoms with van der Waals surface area (Å²) in [6.07, 6.45) is 2.87. The number of likely N-dealkylation sites (tertiary alicyclic amines) is 1. The van der Waals surface area contributed by atoms with Crippen LogP contribution in [0.5, 0.6) is 5.75 Å². The van der Waals surface area contributed by atoms with Crippen LogP contribution < -0.4 is 16.2 Å². The van der Waals surface area contributed by atoms with Crippen LogP contribution in [0.4, 0.5) is 5.82 Å². The highest BCUT2D eigenvalue weighted by Crippen LogP contribution is 2.28. The molecule has 7 nitrogen and oxygen atoms in total. The predicted molar refractivity (Wildman–Crippen MR) is 107 cm³/mol. The van der Waals surface area contributed by atoms with E-state index >= 15 is 0 Å². The topological polar surface area (TPSA) is 112 Å². The van der Waals surface area contributed by atoms with Crippen molar-refractivity contribution >= 4 is 17.6 Å². The van der Waals surface area contributed by atoms with Gasteiger partial charge in [-0.3, -0.25) is 9.59 Å². The molecule has 148 valence electrons. The van der Waals surface area contributed by atoms with Gasteiger partial charge in [0.15, 0.2) is 0 Å². The third-order valence-electron chi connectivity index (χ3n) is 5.26. The Labute approximate surface area is 164 Å². The van der Waals surface area contributed by atoms with Crippen LogP contribution in [0.15, 0.2) is 36.4 Å². The van der Waals surface area contributed by atoms with Gasteiger partial charge in [0.1, 0.15) is 11.6 Å². The Hall–Kier alpha value is -3.09. The summed E-state index contributed by atoms with van der Waals surface area (Å²) in [4.78, 5) is 30.1. The Morgan fingerprint density at radius 2 is 1.82 bits per heavy atom. The summed E-state index contributed by atoms with van der Waals surface area (Å²) < 4.78 is 5.15. The number of benzene rings is 1. The number of piperidine rings is 1. The van der Waals surface area contributed by atoms with Gasteiger partial charge in [0, 0.05) is 31.1 Å². The van der Waals surface area contributed by atoms with Crippen LogP contribution >= 0.6 is 0 Å². The zero-order valence-electron chi connectivity index (χ0n) is 16.1. The fourth-order valence-corrected chi connectivity index (χ4v) is 3.55. The van der Waals surface area contributed by atoms with Crippen LogP contribution in [0.2, 0.25) is 0 Å². The lowest BCUT2D eigenvalue weighted by molar-refractivity contribution is -0.132. The van der Waals surface area contributed by atoms with Crippen molar-refractivity contribution in [3.63, 3.8) is 0 Å². The number of anilines is 1. The second-order valence-corrected chi connectivity index (χ2v) is 7.04. The first-order valence-corrected chi connectivity index (χ1v) is 9.45. The number of aryl methyl sites for hydroxylation is 1. The molecule has 1 fully saturated rings. The molecule has 0 bridgehead atoms. The maximum absolute atomic E-state index is 12.5. The summed E-state index contributed by atoms with van der Waals surface area (Å²) >= 11 is 0. The molecule has 2 heterocycles. The van der Waals surface area contributed by atoms with E-state index in [1.165, 1.54) is 0 Å². The second-order valence-electron chi connectivity index (χ2n) is 7.04. The van der Waals surface area contributed by atoms with Crippen LogP contribution in [0, 0.1) is 0 Å². The third-order valence-corrected chi connectivity index (χ3v) is 5.26. The number of nitrogens with zero attached hydrogens (tertiary/aromatic N) is 2. The van der Waals surface area contributed by atoms with Crippen LogP contribution in [-0.2, 0) is 11.2 Å². The van der Waals surface area contributed by atoms with Crippen molar-refractivity contribution in [2.75, 3.05) is 25.9 Å². The van der Waals surface area contributed by atoms with E-state index in [1.54, 1.807) is 13.2 Å². The molecule has 2 aromatic rings. The van der Waals surface area contributed by atoms with Crippen molar-refractivity contribution in [2.45, 2.75) is 31.6 Å². The standard InChI is InChI=1S/C21H26N4O3/c1-28-16-5-2-14(3-6-16)4-9-19(26)25-12-10-15(11-13-25)18-8-7-17(21(23)27)20(22)24-18/h2-3,5-8,15H,4,9-13H2,1H3,(H2,22,24)(H2,23,27). The van der Waals surface area contributed by atoms with Crippen molar-refractivity contribution < 1.29 is 14.3 Å². The van der Waals surface area contributed by atoms with Crippen LogP contribution in [0.1, 0.15) is 46.8 Å². The van der Waals surface area contributed by atoms with Crippen molar-refractivity contribution in [1.82, 2.24) is 9.88 Å². The molecule has 4 N–H and O–H groups in total. The maximum Gasteiger partial charge on any atom is 0.252 e. The molecule has 0 spiro atoms. The van der Waals surface area contributed by atoms with E-state index in [0.29, 0.717) is 19.5 Å². The highest BCUT2D eigenvalue weighted by Gasteiger charge is 2.25. The largest absolute Gasteiger partial charge is 0.497 e. The van der Waals surface area contributed by atoms with Crippen LogP contribution in [0.25, 0.3) is 0 Å². The molecule has 3 rings (SSSR count). The predicted octanol–water partition coefficient (Wildman–Crippen LogP) is 2.11. The summed E-state index contributed by atoms with van der Waals surface area (Å²) in [5, 5.41) is 0. The zero-order chi connectivity index (χ0) is 20.1. The molecule has 0 aliphatic carbocycles. The Kier molecular flexibility index (Phi) is 6.13. The van der Waals surface area contributed by atoms with Crippen LogP contribution in [-0.4, -0.2) is 41.9 Å². The fourth-order valence-electron chi connectivity index (χ4n) is 3.55. The number of nitrogen functional groups attached to an aromatic ring is 1. The van der Waals surface area contributed by atoms with Gasteiger partial charge in [-0.2, -0.15) is 0 Å². The Balaban J connectivity index is 1.51. The van der Waals surface area contributed by atoms with Gasteiger partial charge >= 0.3 is 0 Å². The zero-order valence-corrected chi connectivity index (χ0v) is 16.1. The van der Waals surface area contributed by atoms with Crippen molar-refractivity contribution in [3.05, 3.63) is 53.2 Å². The number of rotatable bonds is 6. The van der Waals surface area contributed by atoms with Crippen LogP contribution in [0.3, 0.4) is 0 Å². The average molecular weight is 382 g/mol. The molecule has 0 atom stereocenters. The minimum absolute atomic E-state index is 0.169. The molecule has 1 saturated heterocycles. The molecule has 28 heavy (non-hydrogen) atoms. The highest BCUT2D eigenvalue weighted by molar-refractivity contribution is 5.97. The number of pyridine rings is 1. The van der Waals surface area contributed by atoms with E-state index in [2.05, 4.69) is 4.98 Å². The van der Waals surface area contributed by atoms with Gasteiger partial charge in [-0.15, -0.1) is 0 Å². The van der Waals surface area contributed by atoms with E-state index in [-0.39, 0.29) is 23.2 Å². The molecular formula is C21H26N4O3. The van der Waals surface area contributed by atoms with E-state index in [9.17, 15) is 9.59 Å². The number of amides is 2. The van der Waals surface area contributed by atoms with Gasteiger partial charge in [0.25, 0.3) is 5.91 Å². The van der Waals surface area contributed by atoms with Crippen molar-refractivity contribution in [2.24, 2.45) is 5.73 Å². The van der Waals surface area contributed by atoms with Crippen molar-refractivity contribution in [3.8, 4) is 5.75 Å². The summed E-state index contributed by atoms with van der Waals surface area (Å²) in [5.74, 6) is 0.813. The third kappa shape index (κ3) is 4.60. The van der Waals surface area contributed by atoms with Gasteiger partial charge in [-0.1, -0.05) is 12.1 Å². The molecule has 1 aromatic carbocycles. The Bertz CT molecular complexity index is 843. The second kappa shape index (κ2) is 8.73. The van der Waals surface area contributed by atoms with E-state index in [1.807, 2.05) is 35.2 Å². The van der Waals surface area contributed by atoms with Gasteiger partial charge in [-0.25, -0.2) is 4.98 Å². The first-order valence-electron chi connectivity index (χ1n) is 9.45. The van der Waals surface area contributed by atoms with Gasteiger partial charge in [0.2, 0.25) is 5.91 Å². The maximum atomic E-state index is 12.5. The smallest absolute Gasteiger partial charge is 0.252 e. The molecule has 0 unspecified atom stereocenters. The molecule has 0 radical (unpaired) electrons. The number of primary amides is 1. The highest BCUT2D eigenvalue weighted by atomic mass is 16.5. The molecule has 0 saturated carbocycles. The Morgan fingerprint density at radius 3 is 2.39 bits per heavy atom. The molecular weight excluding hydrogens is 356 g/mol. The van der Waals surface area contributed by atoms with Gasteiger partial charge < -0.3 is 21.1 Å². The number of nitrogens with two attached hydrogens (primary N) is 2. The molecule has 1 aliphatic heterocycles. The summed E-state index contributed by atoms with van der Waals surface area (Å²) in [7, 11) is 1.64. The number of ether oxygens (including phenoxy) is 1. The van der Waals surface area contributed by atoms with E-state index in [0.717, 1.165) is 36.3 Å². The monoisotopic (exact) mass is 382 g/mol. The van der Waals surface area contributed by atoms with Gasteiger partial charge in [-0.05, 0) is 49.1 Å². The number of carbonyl (C=O) groups excluding carboxylic acids is 2. The lowest BCUT2D eigenvalue weighted by Gasteiger charge is -2.32. The molecule has 1 aromatic heterocycles. The van der Waals surface area contributed by atoms with Crippen molar-refractivity contribution in [1.29, 1.82) is 0 Å².